The third-order valence-corrected chi connectivity index (χ3v) is 4.38. The van der Waals surface area contributed by atoms with Crippen molar-refractivity contribution in [3.05, 3.63) is 29.8 Å². The topological polar surface area (TPSA) is 35.5 Å². The summed E-state index contributed by atoms with van der Waals surface area (Å²) in [6, 6.07) is 8.25. The molecular weight excluding hydrogens is 332 g/mol. The Morgan fingerprint density at radius 3 is 1.92 bits per heavy atom. The molecule has 0 amide bonds. The minimum Gasteiger partial charge on any atom is -0.494 e. The third-order valence-electron chi connectivity index (χ3n) is 4.16. The van der Waals surface area contributed by atoms with Crippen LogP contribution in [0.1, 0.15) is 69.8 Å². The van der Waals surface area contributed by atoms with Gasteiger partial charge in [-0.05, 0) is 31.9 Å². The molecule has 0 saturated carbocycles. The summed E-state index contributed by atoms with van der Waals surface area (Å²) < 4.78 is 10.8. The average Bonchev–Trinajstić information content (AvgIpc) is 2.61. The van der Waals surface area contributed by atoms with Crippen molar-refractivity contribution in [1.29, 1.82) is 0 Å². The van der Waals surface area contributed by atoms with Crippen LogP contribution in [0.4, 0.5) is 0 Å². The van der Waals surface area contributed by atoms with Gasteiger partial charge in [0, 0.05) is 5.75 Å². The summed E-state index contributed by atoms with van der Waals surface area (Å²) in [5.41, 5.74) is 1.27. The zero-order valence-corrected chi connectivity index (χ0v) is 16.6. The van der Waals surface area contributed by atoms with E-state index in [1.54, 1.807) is 0 Å². The number of carbonyl (C=O) groups is 1. The molecule has 0 aliphatic carbocycles. The number of esters is 1. The number of aryl methyl sites for hydroxylation is 1. The van der Waals surface area contributed by atoms with Gasteiger partial charge in [-0.15, -0.1) is 0 Å². The molecule has 0 bridgehead atoms. The SMILES string of the molecule is Cc1ccc(OCCCCCCCCCCCOC(=O)CCS)cc1. The maximum absolute atomic E-state index is 11.1. The van der Waals surface area contributed by atoms with Crippen LogP contribution in [-0.4, -0.2) is 24.9 Å². The Hall–Kier alpha value is -1.16. The summed E-state index contributed by atoms with van der Waals surface area (Å²) in [6.45, 7) is 3.46. The van der Waals surface area contributed by atoms with Crippen molar-refractivity contribution in [2.75, 3.05) is 19.0 Å². The molecule has 1 aromatic carbocycles. The van der Waals surface area contributed by atoms with Crippen LogP contribution < -0.4 is 4.74 Å². The standard InChI is InChI=1S/C21H34O3S/c1-19-11-13-20(14-12-19)23-16-9-7-5-3-2-4-6-8-10-17-24-21(22)15-18-25/h11-14,25H,2-10,15-18H2,1H3. The van der Waals surface area contributed by atoms with Crippen LogP contribution >= 0.6 is 12.6 Å². The first-order valence-corrected chi connectivity index (χ1v) is 10.3. The lowest BCUT2D eigenvalue weighted by atomic mass is 10.1. The predicted molar refractivity (Wildman–Crippen MR) is 108 cm³/mol. The molecule has 25 heavy (non-hydrogen) atoms. The summed E-state index contributed by atoms with van der Waals surface area (Å²) in [7, 11) is 0. The maximum atomic E-state index is 11.1. The Kier molecular flexibility index (Phi) is 13.2. The fraction of sp³-hybridized carbons (Fsp3) is 0.667. The number of hydrogen-bond donors (Lipinski definition) is 1. The van der Waals surface area contributed by atoms with Crippen molar-refractivity contribution in [2.24, 2.45) is 0 Å². The van der Waals surface area contributed by atoms with Crippen molar-refractivity contribution in [3.63, 3.8) is 0 Å². The molecule has 0 aromatic heterocycles. The van der Waals surface area contributed by atoms with Crippen molar-refractivity contribution < 1.29 is 14.3 Å². The molecule has 0 unspecified atom stereocenters. The van der Waals surface area contributed by atoms with Crippen LogP contribution in [0, 0.1) is 6.92 Å². The minimum absolute atomic E-state index is 0.124. The molecule has 4 heteroatoms. The van der Waals surface area contributed by atoms with Gasteiger partial charge in [0.1, 0.15) is 5.75 Å². The summed E-state index contributed by atoms with van der Waals surface area (Å²) in [4.78, 5) is 11.1. The number of ether oxygens (including phenoxy) is 2. The van der Waals surface area contributed by atoms with E-state index in [0.29, 0.717) is 18.8 Å². The number of rotatable bonds is 15. The quantitative estimate of drug-likeness (QED) is 0.244. The molecule has 0 fully saturated rings. The van der Waals surface area contributed by atoms with E-state index >= 15 is 0 Å². The normalized spacial score (nSPS) is 10.6. The highest BCUT2D eigenvalue weighted by molar-refractivity contribution is 7.80. The van der Waals surface area contributed by atoms with Crippen LogP contribution in [0.2, 0.25) is 0 Å². The van der Waals surface area contributed by atoms with Crippen LogP contribution in [0.5, 0.6) is 5.75 Å². The van der Waals surface area contributed by atoms with Gasteiger partial charge >= 0.3 is 5.97 Å². The zero-order valence-electron chi connectivity index (χ0n) is 15.7. The van der Waals surface area contributed by atoms with Gasteiger partial charge in [-0.2, -0.15) is 12.6 Å². The molecule has 3 nitrogen and oxygen atoms in total. The summed E-state index contributed by atoms with van der Waals surface area (Å²) in [5, 5.41) is 0. The minimum atomic E-state index is -0.124. The first-order valence-electron chi connectivity index (χ1n) is 9.68. The predicted octanol–water partition coefficient (Wildman–Crippen LogP) is 5.75. The lowest BCUT2D eigenvalue weighted by Crippen LogP contribution is -2.06. The molecule has 0 aliphatic rings. The highest BCUT2D eigenvalue weighted by Gasteiger charge is 2.00. The van der Waals surface area contributed by atoms with E-state index in [2.05, 4.69) is 31.7 Å². The molecule has 0 spiro atoms. The highest BCUT2D eigenvalue weighted by Crippen LogP contribution is 2.13. The van der Waals surface area contributed by atoms with E-state index in [0.717, 1.165) is 31.6 Å². The molecule has 0 atom stereocenters. The van der Waals surface area contributed by atoms with Crippen LogP contribution in [-0.2, 0) is 9.53 Å². The van der Waals surface area contributed by atoms with Gasteiger partial charge in [0.05, 0.1) is 19.6 Å². The molecule has 0 saturated heterocycles. The summed E-state index contributed by atoms with van der Waals surface area (Å²) in [6.07, 6.45) is 11.3. The van der Waals surface area contributed by atoms with Crippen LogP contribution in [0.3, 0.4) is 0 Å². The van der Waals surface area contributed by atoms with Crippen LogP contribution in [0.25, 0.3) is 0 Å². The van der Waals surface area contributed by atoms with Crippen LogP contribution in [0.15, 0.2) is 24.3 Å². The van der Waals surface area contributed by atoms with E-state index < -0.39 is 0 Å². The number of thiol groups is 1. The molecule has 0 heterocycles. The van der Waals surface area contributed by atoms with Crippen molar-refractivity contribution in [3.8, 4) is 5.75 Å². The Balaban J connectivity index is 1.78. The number of benzene rings is 1. The molecule has 1 aromatic rings. The Morgan fingerprint density at radius 2 is 1.36 bits per heavy atom. The number of hydrogen-bond acceptors (Lipinski definition) is 4. The first-order chi connectivity index (χ1) is 12.2. The van der Waals surface area contributed by atoms with Gasteiger partial charge in [-0.25, -0.2) is 0 Å². The Labute approximate surface area is 158 Å². The number of unbranched alkanes of at least 4 members (excludes halogenated alkanes) is 8. The second-order valence-corrected chi connectivity index (χ2v) is 6.98. The van der Waals surface area contributed by atoms with Crippen molar-refractivity contribution in [1.82, 2.24) is 0 Å². The molecular formula is C21H34O3S. The van der Waals surface area contributed by atoms with E-state index in [1.165, 1.54) is 44.1 Å². The van der Waals surface area contributed by atoms with E-state index in [-0.39, 0.29) is 5.97 Å². The van der Waals surface area contributed by atoms with E-state index in [9.17, 15) is 4.79 Å². The summed E-state index contributed by atoms with van der Waals surface area (Å²) in [5.74, 6) is 1.42. The molecule has 142 valence electrons. The monoisotopic (exact) mass is 366 g/mol. The zero-order chi connectivity index (χ0) is 18.2. The molecule has 1 rings (SSSR count). The third kappa shape index (κ3) is 12.8. The maximum Gasteiger partial charge on any atom is 0.306 e. The molecule has 0 N–H and O–H groups in total. The summed E-state index contributed by atoms with van der Waals surface area (Å²) >= 11 is 4.01. The van der Waals surface area contributed by atoms with Gasteiger partial charge in [-0.3, -0.25) is 4.79 Å². The van der Waals surface area contributed by atoms with Gasteiger partial charge in [0.2, 0.25) is 0 Å². The molecule has 0 radical (unpaired) electrons. The van der Waals surface area contributed by atoms with Gasteiger partial charge in [0.25, 0.3) is 0 Å². The number of carbonyl (C=O) groups excluding carboxylic acids is 1. The largest absolute Gasteiger partial charge is 0.494 e. The lowest BCUT2D eigenvalue weighted by Gasteiger charge is -2.06. The van der Waals surface area contributed by atoms with Gasteiger partial charge < -0.3 is 9.47 Å². The van der Waals surface area contributed by atoms with Gasteiger partial charge in [-0.1, -0.05) is 62.6 Å². The fourth-order valence-corrected chi connectivity index (χ4v) is 2.80. The fourth-order valence-electron chi connectivity index (χ4n) is 2.62. The average molecular weight is 367 g/mol. The smallest absolute Gasteiger partial charge is 0.306 e. The molecule has 0 aliphatic heterocycles. The van der Waals surface area contributed by atoms with E-state index in [1.807, 2.05) is 12.1 Å². The van der Waals surface area contributed by atoms with E-state index in [4.69, 9.17) is 9.47 Å². The van der Waals surface area contributed by atoms with Crippen molar-refractivity contribution >= 4 is 18.6 Å². The Morgan fingerprint density at radius 1 is 0.840 bits per heavy atom. The second-order valence-electron chi connectivity index (χ2n) is 6.54. The van der Waals surface area contributed by atoms with Crippen molar-refractivity contribution in [2.45, 2.75) is 71.1 Å². The Bertz CT molecular complexity index is 445. The highest BCUT2D eigenvalue weighted by atomic mass is 32.1. The lowest BCUT2D eigenvalue weighted by molar-refractivity contribution is -0.143. The first kappa shape index (κ1) is 21.9. The second kappa shape index (κ2) is 15.1. The van der Waals surface area contributed by atoms with Gasteiger partial charge in [0.15, 0.2) is 0 Å².